The van der Waals surface area contributed by atoms with E-state index in [1.165, 1.54) is 6.07 Å². The Morgan fingerprint density at radius 1 is 1.20 bits per heavy atom. The average Bonchev–Trinajstić information content (AvgIpc) is 2.75. The molecular formula is C14H10Br2FN3. The summed E-state index contributed by atoms with van der Waals surface area (Å²) in [5.41, 5.74) is 8.61. The number of nitrogens with zero attached hydrogens (tertiary/aromatic N) is 2. The number of imidazole rings is 1. The van der Waals surface area contributed by atoms with Crippen LogP contribution >= 0.6 is 31.9 Å². The molecule has 102 valence electrons. The standard InChI is InChI=1S/C14H10Br2FN3/c1-7-10(16)3-5-12-19-13(14(18)20(7)12)9-6-8(15)2-4-11(9)17/h2-6H,18H2,1H3. The molecule has 2 heterocycles. The van der Waals surface area contributed by atoms with E-state index in [0.717, 1.165) is 14.6 Å². The molecule has 0 atom stereocenters. The van der Waals surface area contributed by atoms with Crippen molar-refractivity contribution in [3.05, 3.63) is 50.8 Å². The van der Waals surface area contributed by atoms with Crippen LogP contribution in [0.25, 0.3) is 16.9 Å². The van der Waals surface area contributed by atoms with Gasteiger partial charge >= 0.3 is 0 Å². The number of hydrogen-bond donors (Lipinski definition) is 1. The Bertz CT molecular complexity index is 827. The SMILES string of the molecule is Cc1c(Br)ccc2nc(-c3cc(Br)ccc3F)c(N)n12. The van der Waals surface area contributed by atoms with E-state index in [1.807, 2.05) is 19.1 Å². The van der Waals surface area contributed by atoms with Gasteiger partial charge in [-0.3, -0.25) is 4.40 Å². The van der Waals surface area contributed by atoms with Crippen LogP contribution in [0.5, 0.6) is 0 Å². The van der Waals surface area contributed by atoms with Gasteiger partial charge in [0, 0.05) is 20.2 Å². The fraction of sp³-hybridized carbons (Fsp3) is 0.0714. The molecule has 0 radical (unpaired) electrons. The number of nitrogens with two attached hydrogens (primary N) is 1. The number of pyridine rings is 1. The normalized spacial score (nSPS) is 11.2. The summed E-state index contributed by atoms with van der Waals surface area (Å²) in [7, 11) is 0. The third-order valence-corrected chi connectivity index (χ3v) is 4.51. The lowest BCUT2D eigenvalue weighted by atomic mass is 10.1. The molecule has 0 saturated carbocycles. The van der Waals surface area contributed by atoms with Crippen LogP contribution in [0.1, 0.15) is 5.69 Å². The van der Waals surface area contributed by atoms with Crippen molar-refractivity contribution in [2.75, 3.05) is 5.73 Å². The monoisotopic (exact) mass is 397 g/mol. The van der Waals surface area contributed by atoms with Crippen molar-refractivity contribution < 1.29 is 4.39 Å². The van der Waals surface area contributed by atoms with E-state index in [9.17, 15) is 4.39 Å². The molecule has 0 fully saturated rings. The predicted molar refractivity (Wildman–Crippen MR) is 85.1 cm³/mol. The zero-order valence-electron chi connectivity index (χ0n) is 10.5. The Morgan fingerprint density at radius 3 is 2.70 bits per heavy atom. The van der Waals surface area contributed by atoms with E-state index < -0.39 is 0 Å². The Morgan fingerprint density at radius 2 is 1.95 bits per heavy atom. The maximum Gasteiger partial charge on any atom is 0.139 e. The lowest BCUT2D eigenvalue weighted by Gasteiger charge is -2.05. The number of aryl methyl sites for hydroxylation is 1. The van der Waals surface area contributed by atoms with Gasteiger partial charge in [0.05, 0.1) is 0 Å². The number of benzene rings is 1. The lowest BCUT2D eigenvalue weighted by Crippen LogP contribution is -1.99. The quantitative estimate of drug-likeness (QED) is 0.653. The van der Waals surface area contributed by atoms with Crippen molar-refractivity contribution in [1.29, 1.82) is 0 Å². The Balaban J connectivity index is 2.35. The molecular weight excluding hydrogens is 389 g/mol. The number of rotatable bonds is 1. The van der Waals surface area contributed by atoms with Gasteiger partial charge < -0.3 is 5.73 Å². The molecule has 20 heavy (non-hydrogen) atoms. The summed E-state index contributed by atoms with van der Waals surface area (Å²) in [5.74, 6) is 0.0795. The molecule has 2 aromatic heterocycles. The minimum atomic E-state index is -0.347. The summed E-state index contributed by atoms with van der Waals surface area (Å²) in [4.78, 5) is 4.44. The van der Waals surface area contributed by atoms with Gasteiger partial charge in [0.15, 0.2) is 0 Å². The fourth-order valence-corrected chi connectivity index (χ4v) is 2.84. The van der Waals surface area contributed by atoms with Crippen molar-refractivity contribution in [2.45, 2.75) is 6.92 Å². The second kappa shape index (κ2) is 4.86. The molecule has 6 heteroatoms. The van der Waals surface area contributed by atoms with Crippen molar-refractivity contribution in [3.63, 3.8) is 0 Å². The maximum atomic E-state index is 14.0. The highest BCUT2D eigenvalue weighted by Crippen LogP contribution is 2.32. The molecule has 0 aliphatic carbocycles. The molecule has 3 nitrogen and oxygen atoms in total. The average molecular weight is 399 g/mol. The number of nitrogen functional groups attached to an aromatic ring is 1. The molecule has 3 rings (SSSR count). The van der Waals surface area contributed by atoms with Crippen LogP contribution in [0.3, 0.4) is 0 Å². The van der Waals surface area contributed by atoms with Gasteiger partial charge in [-0.05, 0) is 53.2 Å². The summed E-state index contributed by atoms with van der Waals surface area (Å²) in [6.07, 6.45) is 0. The van der Waals surface area contributed by atoms with Crippen LogP contribution in [-0.4, -0.2) is 9.38 Å². The molecule has 0 saturated heterocycles. The summed E-state index contributed by atoms with van der Waals surface area (Å²) < 4.78 is 17.5. The van der Waals surface area contributed by atoms with Crippen molar-refractivity contribution in [3.8, 4) is 11.3 Å². The number of fused-ring (bicyclic) bond motifs is 1. The van der Waals surface area contributed by atoms with E-state index in [4.69, 9.17) is 5.73 Å². The second-order valence-corrected chi connectivity index (χ2v) is 6.20. The van der Waals surface area contributed by atoms with Crippen LogP contribution < -0.4 is 5.73 Å². The highest BCUT2D eigenvalue weighted by atomic mass is 79.9. The first kappa shape index (κ1) is 13.6. The topological polar surface area (TPSA) is 43.3 Å². The first-order valence-corrected chi connectivity index (χ1v) is 7.46. The fourth-order valence-electron chi connectivity index (χ4n) is 2.17. The van der Waals surface area contributed by atoms with E-state index >= 15 is 0 Å². The molecule has 0 unspecified atom stereocenters. The minimum absolute atomic E-state index is 0.347. The maximum absolute atomic E-state index is 14.0. The van der Waals surface area contributed by atoms with Gasteiger partial charge in [0.2, 0.25) is 0 Å². The molecule has 0 aliphatic heterocycles. The lowest BCUT2D eigenvalue weighted by molar-refractivity contribution is 0.630. The predicted octanol–water partition coefficient (Wildman–Crippen LogP) is 4.56. The van der Waals surface area contributed by atoms with Crippen LogP contribution in [0.15, 0.2) is 39.3 Å². The number of aromatic nitrogens is 2. The molecule has 3 aromatic rings. The first-order valence-electron chi connectivity index (χ1n) is 5.87. The Labute approximate surface area is 131 Å². The highest BCUT2D eigenvalue weighted by Gasteiger charge is 2.17. The van der Waals surface area contributed by atoms with Gasteiger partial charge in [-0.25, -0.2) is 9.37 Å². The van der Waals surface area contributed by atoms with Crippen LogP contribution in [0, 0.1) is 12.7 Å². The van der Waals surface area contributed by atoms with E-state index in [-0.39, 0.29) is 5.82 Å². The van der Waals surface area contributed by atoms with Crippen molar-refractivity contribution in [1.82, 2.24) is 9.38 Å². The Kier molecular flexibility index (Phi) is 3.30. The summed E-state index contributed by atoms with van der Waals surface area (Å²) >= 11 is 6.79. The number of anilines is 1. The molecule has 2 N–H and O–H groups in total. The van der Waals surface area contributed by atoms with Gasteiger partial charge in [0.1, 0.15) is 23.0 Å². The largest absolute Gasteiger partial charge is 0.383 e. The summed E-state index contributed by atoms with van der Waals surface area (Å²) in [6, 6.07) is 8.46. The molecule has 0 bridgehead atoms. The molecule has 1 aromatic carbocycles. The number of hydrogen-bond acceptors (Lipinski definition) is 2. The number of halogens is 3. The van der Waals surface area contributed by atoms with Crippen molar-refractivity contribution >= 4 is 43.3 Å². The highest BCUT2D eigenvalue weighted by molar-refractivity contribution is 9.10. The van der Waals surface area contributed by atoms with Crippen LogP contribution in [0.2, 0.25) is 0 Å². The molecule has 0 spiro atoms. The first-order chi connectivity index (χ1) is 9.49. The third-order valence-electron chi connectivity index (χ3n) is 3.18. The minimum Gasteiger partial charge on any atom is -0.383 e. The van der Waals surface area contributed by atoms with Gasteiger partial charge in [-0.15, -0.1) is 0 Å². The smallest absolute Gasteiger partial charge is 0.139 e. The van der Waals surface area contributed by atoms with E-state index in [0.29, 0.717) is 22.7 Å². The zero-order chi connectivity index (χ0) is 14.4. The van der Waals surface area contributed by atoms with Gasteiger partial charge in [-0.2, -0.15) is 0 Å². The van der Waals surface area contributed by atoms with Crippen LogP contribution in [0.4, 0.5) is 10.2 Å². The molecule has 0 amide bonds. The van der Waals surface area contributed by atoms with Crippen LogP contribution in [-0.2, 0) is 0 Å². The van der Waals surface area contributed by atoms with Gasteiger partial charge in [-0.1, -0.05) is 15.9 Å². The van der Waals surface area contributed by atoms with Crippen molar-refractivity contribution in [2.24, 2.45) is 0 Å². The third kappa shape index (κ3) is 2.03. The van der Waals surface area contributed by atoms with Gasteiger partial charge in [0.25, 0.3) is 0 Å². The van der Waals surface area contributed by atoms with E-state index in [2.05, 4.69) is 36.8 Å². The second-order valence-electron chi connectivity index (χ2n) is 4.43. The molecule has 0 aliphatic rings. The summed E-state index contributed by atoms with van der Waals surface area (Å²) in [5, 5.41) is 0. The van der Waals surface area contributed by atoms with E-state index in [1.54, 1.807) is 16.5 Å². The Hall–Kier alpha value is -1.40. The zero-order valence-corrected chi connectivity index (χ0v) is 13.7. The summed E-state index contributed by atoms with van der Waals surface area (Å²) in [6.45, 7) is 1.93.